The first-order valence-corrected chi connectivity index (χ1v) is 17.2. The summed E-state index contributed by atoms with van der Waals surface area (Å²) < 4.78 is 109. The van der Waals surface area contributed by atoms with E-state index in [4.69, 9.17) is 64.0 Å². The van der Waals surface area contributed by atoms with Gasteiger partial charge in [0.15, 0.2) is 11.5 Å². The van der Waals surface area contributed by atoms with Crippen LogP contribution in [-0.2, 0) is 32.2 Å². The zero-order valence-corrected chi connectivity index (χ0v) is 28.3. The second kappa shape index (κ2) is 19.1. The van der Waals surface area contributed by atoms with Crippen LogP contribution in [0.1, 0.15) is 12.5 Å². The van der Waals surface area contributed by atoms with Gasteiger partial charge in [-0.05, 0) is 74.1 Å². The van der Waals surface area contributed by atoms with Gasteiger partial charge in [-0.3, -0.25) is 4.79 Å². The summed E-state index contributed by atoms with van der Waals surface area (Å²) in [5.74, 6) is -0.522. The summed E-state index contributed by atoms with van der Waals surface area (Å²) in [5, 5.41) is 31.3. The number of fused-ring (bicyclic) bond motifs is 1. The van der Waals surface area contributed by atoms with Gasteiger partial charge in [0.25, 0.3) is 0 Å². The van der Waals surface area contributed by atoms with Crippen LogP contribution in [0.25, 0.3) is 6.08 Å². The molecule has 3 aliphatic rings. The Morgan fingerprint density at radius 1 is 1.10 bits per heavy atom. The molecule has 48 heavy (non-hydrogen) atoms. The monoisotopic (exact) mass is 745 g/mol. The van der Waals surface area contributed by atoms with Gasteiger partial charge in [0, 0.05) is 23.3 Å². The SMILES string of the molecule is [2H]B([3H])CSOc1cc(/C=C(\C)C(=O)NC2[C@@H](OSCB([2H])[3H])[C@@H]3OCO[C@@H]3[C@H](O[3H])[C@H]2O[3H])ccc1O[C@@H]1O[C@H](C(CO)=NOC)[C@@H](OSCB([2H])[3H])[C@@H]1O[3H]. The smallest absolute Gasteiger partial charge is 0.247 e. The van der Waals surface area contributed by atoms with E-state index in [1.54, 1.807) is 6.07 Å². The zero-order chi connectivity index (χ0) is 41.6. The van der Waals surface area contributed by atoms with Gasteiger partial charge in [0.05, 0.1) is 12.6 Å². The van der Waals surface area contributed by atoms with Crippen molar-refractivity contribution in [1.29, 1.82) is 12.3 Å². The van der Waals surface area contributed by atoms with Crippen molar-refractivity contribution < 1.29 is 61.6 Å². The molecular weight excluding hydrogens is 689 g/mol. The standard InChI is InChI=1S/C27H41B3N2O13S3/c1-12(26(37)31-17-18(34)19(35)23-25(40-11-39-23)22(17)44-47-9-29)5-13-3-4-15(16(6-13)43-46-8-28)41-27-20(36)24(45-48-10-30)21(42-27)14(7-33)32-38-2/h3-6,17-25,27,33-36H,7-11,28-30H2,1-2H3,(H,31,37)/b12-5+,32-14?/t17?,18-,19+,20-,21+,22+,23+,24-,25-,27+/m0/s1/i28TD,29TD,30TD,34T,35T,36T. The molecule has 1 aromatic rings. The number of hydrogen-bond donors (Lipinski definition) is 5. The van der Waals surface area contributed by atoms with E-state index >= 15 is 0 Å². The minimum absolute atomic E-state index is 0.0192. The van der Waals surface area contributed by atoms with Gasteiger partial charge in [-0.25, -0.2) is 0 Å². The van der Waals surface area contributed by atoms with Crippen LogP contribution < -0.4 is 14.2 Å². The molecule has 10 atom stereocenters. The zero-order valence-electron chi connectivity index (χ0n) is 34.9. The summed E-state index contributed by atoms with van der Waals surface area (Å²) in [4.78, 5) is 18.5. The molecule has 1 saturated carbocycles. The van der Waals surface area contributed by atoms with Crippen LogP contribution in [0.3, 0.4) is 0 Å². The van der Waals surface area contributed by atoms with Gasteiger partial charge in [0.1, 0.15) is 91.8 Å². The van der Waals surface area contributed by atoms with Crippen LogP contribution in [0.2, 0.25) is 0 Å². The molecule has 2 saturated heterocycles. The molecule has 1 aliphatic carbocycles. The summed E-state index contributed by atoms with van der Waals surface area (Å²) in [6, 6.07) is 3.43. The molecule has 4 rings (SSSR count). The number of carbonyl (C=O) groups is 1. The lowest BCUT2D eigenvalue weighted by Crippen LogP contribution is -2.67. The Bertz CT molecular complexity index is 1500. The van der Waals surface area contributed by atoms with E-state index in [-0.39, 0.29) is 46.5 Å². The third-order valence-corrected chi connectivity index (χ3v) is 8.78. The molecule has 2 heterocycles. The molecule has 0 aromatic heterocycles. The fraction of sp³-hybridized carbons (Fsp3) is 0.630. The molecule has 1 amide bonds. The highest BCUT2D eigenvalue weighted by Crippen LogP contribution is 2.37. The van der Waals surface area contributed by atoms with Gasteiger partial charge in [-0.1, -0.05) is 11.2 Å². The fourth-order valence-corrected chi connectivity index (χ4v) is 6.45. The summed E-state index contributed by atoms with van der Waals surface area (Å²) >= 11 is 2.36. The van der Waals surface area contributed by atoms with Crippen LogP contribution >= 0.6 is 36.1 Å². The highest BCUT2D eigenvalue weighted by Gasteiger charge is 2.55. The topological polar surface area (TPSA) is 196 Å². The molecular formula is C27H41B3N2O13S3. The number of aliphatic hydroxyl groups excluding tert-OH is 4. The lowest BCUT2D eigenvalue weighted by Gasteiger charge is -2.43. The van der Waals surface area contributed by atoms with Crippen LogP contribution in [0, 0.1) is 0 Å². The van der Waals surface area contributed by atoms with Crippen molar-refractivity contribution >= 4 is 77.1 Å². The molecule has 0 radical (unpaired) electrons. The van der Waals surface area contributed by atoms with Crippen molar-refractivity contribution in [1.82, 2.24) is 5.32 Å². The quantitative estimate of drug-likeness (QED) is 0.0257. The van der Waals surface area contributed by atoms with E-state index in [9.17, 15) is 9.90 Å². The lowest BCUT2D eigenvalue weighted by atomic mass is 9.83. The van der Waals surface area contributed by atoms with Crippen molar-refractivity contribution in [3.05, 3.63) is 29.3 Å². The minimum Gasteiger partial charge on any atom is -0.458 e. The van der Waals surface area contributed by atoms with Crippen LogP contribution in [0.5, 0.6) is 11.5 Å². The Morgan fingerprint density at radius 2 is 1.83 bits per heavy atom. The number of nitrogens with zero attached hydrogens (tertiary/aromatic N) is 1. The van der Waals surface area contributed by atoms with E-state index in [0.29, 0.717) is 5.56 Å². The molecule has 3 fully saturated rings. The number of ether oxygens (including phenoxy) is 4. The summed E-state index contributed by atoms with van der Waals surface area (Å²) in [6.45, 7) is 0.722. The summed E-state index contributed by atoms with van der Waals surface area (Å²) in [7, 11) is -2.40. The molecule has 1 aromatic carbocycles. The first kappa shape index (κ1) is 28.0. The van der Waals surface area contributed by atoms with Crippen molar-refractivity contribution in [3.8, 4) is 11.5 Å². The van der Waals surface area contributed by atoms with E-state index in [1.165, 1.54) is 32.2 Å². The molecule has 5 N–H and O–H groups in total. The van der Waals surface area contributed by atoms with Gasteiger partial charge in [-0.15, -0.1) is 0 Å². The van der Waals surface area contributed by atoms with E-state index < -0.39 is 97.0 Å². The molecule has 0 spiro atoms. The number of oxime groups is 1. The third kappa shape index (κ3) is 9.38. The average Bonchev–Trinajstić information content (AvgIpc) is 3.79. The number of rotatable bonds is 23. The first-order valence-electron chi connectivity index (χ1n) is 19.2. The maximum Gasteiger partial charge on any atom is 0.247 e. The van der Waals surface area contributed by atoms with Crippen LogP contribution in [0.15, 0.2) is 28.9 Å². The number of benzene rings is 1. The number of carbonyl (C=O) groups excluding carboxylic acids is 1. The second-order valence-corrected chi connectivity index (χ2v) is 12.6. The van der Waals surface area contributed by atoms with Crippen LogP contribution in [-0.4, -0.2) is 166 Å². The Kier molecular flexibility index (Phi) is 11.2. The molecule has 2 aliphatic heterocycles. The molecule has 0 bridgehead atoms. The predicted octanol–water partition coefficient (Wildman–Crippen LogP) is -2.62. The van der Waals surface area contributed by atoms with Crippen molar-refractivity contribution in [2.24, 2.45) is 5.16 Å². The van der Waals surface area contributed by atoms with Gasteiger partial charge in [0.2, 0.25) is 16.5 Å². The maximum atomic E-state index is 13.7. The fourth-order valence-electron chi connectivity index (χ4n) is 5.21. The Labute approximate surface area is 307 Å². The van der Waals surface area contributed by atoms with E-state index in [0.717, 1.165) is 36.1 Å². The van der Waals surface area contributed by atoms with Gasteiger partial charge < -0.3 is 62.1 Å². The average molecular weight is 745 g/mol. The Balaban J connectivity index is 1.60. The van der Waals surface area contributed by atoms with Crippen LogP contribution in [0.4, 0.5) is 0 Å². The molecule has 1 unspecified atom stereocenters. The number of nitrogens with one attached hydrogen (secondary N) is 1. The first-order chi connectivity index (χ1) is 27.4. The molecule has 15 nitrogen and oxygen atoms in total. The van der Waals surface area contributed by atoms with Gasteiger partial charge >= 0.3 is 0 Å². The number of aliphatic hydroxyl groups is 4. The third-order valence-electron chi connectivity index (χ3n) is 7.36. The van der Waals surface area contributed by atoms with Gasteiger partial charge in [-0.2, -0.15) is 0 Å². The summed E-state index contributed by atoms with van der Waals surface area (Å²) in [5.41, 5.74) is 0.410. The normalized spacial score (nSPS) is 34.4. The van der Waals surface area contributed by atoms with E-state index in [1.807, 2.05) is 0 Å². The van der Waals surface area contributed by atoms with Crippen molar-refractivity contribution in [2.45, 2.75) is 68.1 Å². The Hall–Kier alpha value is -1.62. The second-order valence-electron chi connectivity index (χ2n) is 10.3. The summed E-state index contributed by atoms with van der Waals surface area (Å²) in [6.07, 6.45) is -8.50. The molecule has 21 heteroatoms. The largest absolute Gasteiger partial charge is 0.458 e. The number of amides is 1. The maximum absolute atomic E-state index is 13.7. The predicted molar refractivity (Wildman–Crippen MR) is 189 cm³/mol. The molecule has 264 valence electrons. The lowest BCUT2D eigenvalue weighted by molar-refractivity contribution is -0.147. The minimum atomic E-state index is -1.37. The van der Waals surface area contributed by atoms with Crippen molar-refractivity contribution in [2.75, 3.05) is 37.5 Å². The van der Waals surface area contributed by atoms with Crippen molar-refractivity contribution in [3.63, 3.8) is 0 Å². The van der Waals surface area contributed by atoms with E-state index in [2.05, 4.69) is 10.5 Å². The number of hydrogen-bond acceptors (Lipinski definition) is 17. The highest BCUT2D eigenvalue weighted by molar-refractivity contribution is 7.96. The Morgan fingerprint density at radius 3 is 2.54 bits per heavy atom. The highest BCUT2D eigenvalue weighted by atomic mass is 32.2.